The summed E-state index contributed by atoms with van der Waals surface area (Å²) < 4.78 is 0. The van der Waals surface area contributed by atoms with Gasteiger partial charge in [0.2, 0.25) is 5.91 Å². The zero-order chi connectivity index (χ0) is 11.8. The van der Waals surface area contributed by atoms with E-state index in [1.54, 1.807) is 0 Å². The summed E-state index contributed by atoms with van der Waals surface area (Å²) in [5.74, 6) is -3.57. The van der Waals surface area contributed by atoms with E-state index in [0.717, 1.165) is 23.6 Å². The van der Waals surface area contributed by atoms with Crippen molar-refractivity contribution in [2.45, 2.75) is 24.8 Å². The molecule has 1 rings (SSSR count). The predicted octanol–water partition coefficient (Wildman–Crippen LogP) is -8.83. The number of hydrogen-bond donors (Lipinski definition) is 0. The van der Waals surface area contributed by atoms with Gasteiger partial charge in [-0.15, -0.1) is 11.8 Å². The number of carboxylic acid groups (broad SMARTS) is 2. The molecule has 0 radical (unpaired) electrons. The third-order valence-corrected chi connectivity index (χ3v) is 3.69. The number of amides is 1. The fraction of sp³-hybridized carbons (Fsp3) is 0.625. The number of carboxylic acids is 2. The first-order valence-electron chi connectivity index (χ1n) is 4.17. The summed E-state index contributed by atoms with van der Waals surface area (Å²) in [6, 6.07) is -1.21. The van der Waals surface area contributed by atoms with E-state index >= 15 is 0 Å². The number of rotatable bonds is 2. The van der Waals surface area contributed by atoms with Crippen LogP contribution in [0.1, 0.15) is 13.8 Å². The molecule has 1 saturated heterocycles. The van der Waals surface area contributed by atoms with E-state index in [1.165, 1.54) is 6.92 Å². The maximum absolute atomic E-state index is 11.2. The van der Waals surface area contributed by atoms with Crippen LogP contribution in [0.2, 0.25) is 0 Å². The smallest absolute Gasteiger partial charge is 0.548 e. The molecule has 1 aliphatic rings. The van der Waals surface area contributed by atoms with Crippen molar-refractivity contribution < 1.29 is 127 Å². The van der Waals surface area contributed by atoms with Crippen molar-refractivity contribution in [2.24, 2.45) is 0 Å². The molecule has 0 saturated carbocycles. The Morgan fingerprint density at radius 3 is 2.06 bits per heavy atom. The summed E-state index contributed by atoms with van der Waals surface area (Å²) in [4.78, 5) is 31.9. The van der Waals surface area contributed by atoms with E-state index in [1.807, 2.05) is 0 Å². The monoisotopic (exact) mass is 309 g/mol. The van der Waals surface area contributed by atoms with Gasteiger partial charge in [0, 0.05) is 12.7 Å². The first kappa shape index (κ1) is 21.3. The van der Waals surface area contributed by atoms with Crippen molar-refractivity contribution in [3.63, 3.8) is 0 Å². The fourth-order valence-electron chi connectivity index (χ4n) is 1.53. The molecule has 0 spiro atoms. The van der Waals surface area contributed by atoms with Crippen molar-refractivity contribution in [1.82, 2.24) is 4.90 Å². The first-order valence-corrected chi connectivity index (χ1v) is 5.15. The molecule has 0 aromatic carbocycles. The molecule has 0 bridgehead atoms. The van der Waals surface area contributed by atoms with Gasteiger partial charge in [0.25, 0.3) is 0 Å². The van der Waals surface area contributed by atoms with Crippen LogP contribution in [-0.4, -0.2) is 39.4 Å². The normalized spacial score (nSPS) is 26.7. The molecule has 17 heavy (non-hydrogen) atoms. The van der Waals surface area contributed by atoms with Crippen LogP contribution in [0.3, 0.4) is 0 Å². The van der Waals surface area contributed by atoms with Gasteiger partial charge in [-0.3, -0.25) is 4.79 Å². The quantitative estimate of drug-likeness (QED) is 0.470. The minimum Gasteiger partial charge on any atom is -0.548 e. The molecule has 6 nitrogen and oxygen atoms in total. The second-order valence-corrected chi connectivity index (χ2v) is 4.72. The van der Waals surface area contributed by atoms with Crippen LogP contribution < -0.4 is 113 Å². The Morgan fingerprint density at radius 2 is 1.76 bits per heavy atom. The Kier molecular flexibility index (Phi) is 10.5. The molecule has 0 N–H and O–H groups in total. The fourth-order valence-corrected chi connectivity index (χ4v) is 2.81. The average Bonchev–Trinajstić information content (AvgIpc) is 2.44. The van der Waals surface area contributed by atoms with Gasteiger partial charge in [-0.25, -0.2) is 0 Å². The molecule has 9 heteroatoms. The van der Waals surface area contributed by atoms with Gasteiger partial charge in [0.05, 0.1) is 18.0 Å². The van der Waals surface area contributed by atoms with E-state index in [4.69, 9.17) is 0 Å². The molecule has 1 heterocycles. The Balaban J connectivity index is 0. The summed E-state index contributed by atoms with van der Waals surface area (Å²) in [6.07, 6.45) is 0. The summed E-state index contributed by atoms with van der Waals surface area (Å²) in [5, 5.41) is 21.6. The number of aliphatic carboxylic acids is 2. The standard InChI is InChI=1S/C8H11NO5S.2K/c1-4(10)9-5(6(11)12)3-15-8(9,2)7(13)14;;/h5H,3H2,1-2H3,(H,11,12)(H,13,14);;/q;2*+1/p-2. The van der Waals surface area contributed by atoms with Crippen molar-refractivity contribution in [2.75, 3.05) is 5.75 Å². The molecule has 84 valence electrons. The van der Waals surface area contributed by atoms with Crippen molar-refractivity contribution in [3.8, 4) is 0 Å². The van der Waals surface area contributed by atoms with Crippen molar-refractivity contribution >= 4 is 29.6 Å². The summed E-state index contributed by atoms with van der Waals surface area (Å²) in [7, 11) is 0. The van der Waals surface area contributed by atoms with Gasteiger partial charge in [-0.1, -0.05) is 0 Å². The molecular formula is C8H9K2NO5S. The average molecular weight is 309 g/mol. The zero-order valence-electron chi connectivity index (χ0n) is 10.2. The first-order chi connectivity index (χ1) is 6.80. The number of thioether (sulfide) groups is 1. The predicted molar refractivity (Wildman–Crippen MR) is 47.2 cm³/mol. The van der Waals surface area contributed by atoms with E-state index in [0.29, 0.717) is 0 Å². The second kappa shape index (κ2) is 8.35. The van der Waals surface area contributed by atoms with Crippen LogP contribution in [0, 0.1) is 0 Å². The van der Waals surface area contributed by atoms with Gasteiger partial charge >= 0.3 is 103 Å². The van der Waals surface area contributed by atoms with Gasteiger partial charge in [-0.05, 0) is 6.92 Å². The van der Waals surface area contributed by atoms with Crippen molar-refractivity contribution in [1.29, 1.82) is 0 Å². The number of carbonyl (C=O) groups excluding carboxylic acids is 3. The molecule has 2 atom stereocenters. The van der Waals surface area contributed by atoms with Crippen LogP contribution in [0.4, 0.5) is 0 Å². The maximum Gasteiger partial charge on any atom is 1.00 e. The maximum atomic E-state index is 11.2. The molecule has 1 amide bonds. The van der Waals surface area contributed by atoms with E-state index in [-0.39, 0.29) is 109 Å². The van der Waals surface area contributed by atoms with Crippen LogP contribution >= 0.6 is 11.8 Å². The summed E-state index contributed by atoms with van der Waals surface area (Å²) in [6.45, 7) is 2.36. The Morgan fingerprint density at radius 1 is 1.29 bits per heavy atom. The van der Waals surface area contributed by atoms with E-state index in [2.05, 4.69) is 0 Å². The third-order valence-electron chi connectivity index (χ3n) is 2.28. The topological polar surface area (TPSA) is 101 Å². The van der Waals surface area contributed by atoms with Crippen LogP contribution in [-0.2, 0) is 14.4 Å². The Labute approximate surface area is 188 Å². The molecule has 0 aromatic heterocycles. The molecule has 1 fully saturated rings. The third kappa shape index (κ3) is 4.52. The minimum absolute atomic E-state index is 0. The number of carbonyl (C=O) groups is 3. The van der Waals surface area contributed by atoms with Gasteiger partial charge in [0.15, 0.2) is 0 Å². The van der Waals surface area contributed by atoms with Gasteiger partial charge in [-0.2, -0.15) is 0 Å². The Hall–Kier alpha value is 2.03. The van der Waals surface area contributed by atoms with Crippen LogP contribution in [0.15, 0.2) is 0 Å². The van der Waals surface area contributed by atoms with Crippen LogP contribution in [0.5, 0.6) is 0 Å². The molecule has 2 unspecified atom stereocenters. The SMILES string of the molecule is CC(=O)N1C(C(=O)[O-])CSC1(C)C(=O)[O-].[K+].[K+]. The largest absolute Gasteiger partial charge is 1.00 e. The van der Waals surface area contributed by atoms with Gasteiger partial charge in [0.1, 0.15) is 4.87 Å². The summed E-state index contributed by atoms with van der Waals surface area (Å²) >= 11 is 0.848. The molecule has 0 aliphatic carbocycles. The summed E-state index contributed by atoms with van der Waals surface area (Å²) in [5.41, 5.74) is 0. The van der Waals surface area contributed by atoms with E-state index in [9.17, 15) is 24.6 Å². The van der Waals surface area contributed by atoms with Crippen LogP contribution in [0.25, 0.3) is 0 Å². The molecule has 0 aromatic rings. The van der Waals surface area contributed by atoms with Gasteiger partial charge < -0.3 is 24.7 Å². The molecular weight excluding hydrogens is 300 g/mol. The minimum atomic E-state index is -1.63. The van der Waals surface area contributed by atoms with Crippen molar-refractivity contribution in [3.05, 3.63) is 0 Å². The zero-order valence-corrected chi connectivity index (χ0v) is 17.2. The number of hydrogen-bond acceptors (Lipinski definition) is 6. The van der Waals surface area contributed by atoms with E-state index < -0.39 is 28.8 Å². The molecule has 1 aliphatic heterocycles. The second-order valence-electron chi connectivity index (χ2n) is 3.31. The number of nitrogens with zero attached hydrogens (tertiary/aromatic N) is 1. The Bertz CT molecular complexity index is 340.